The molecule has 3 unspecified atom stereocenters. The molecular formula is C20H28N2O2S. The van der Waals surface area contributed by atoms with Crippen molar-refractivity contribution < 1.29 is 9.47 Å². The summed E-state index contributed by atoms with van der Waals surface area (Å²) < 4.78 is 11.9. The highest BCUT2D eigenvalue weighted by Crippen LogP contribution is 2.41. The molecule has 4 aliphatic heterocycles. The number of piperidine rings is 1. The Kier molecular flexibility index (Phi) is 4.77. The number of nitrogens with one attached hydrogen (secondary N) is 1. The molecule has 4 nitrogen and oxygen atoms in total. The van der Waals surface area contributed by atoms with Crippen molar-refractivity contribution in [3.63, 3.8) is 0 Å². The summed E-state index contributed by atoms with van der Waals surface area (Å²) in [5.41, 5.74) is 3.04. The first-order valence-electron chi connectivity index (χ1n) is 9.78. The summed E-state index contributed by atoms with van der Waals surface area (Å²) in [5.74, 6) is 2.52. The van der Waals surface area contributed by atoms with Gasteiger partial charge in [0.25, 0.3) is 0 Å². The summed E-state index contributed by atoms with van der Waals surface area (Å²) in [6.07, 6.45) is 3.15. The lowest BCUT2D eigenvalue weighted by atomic mass is 9.86. The van der Waals surface area contributed by atoms with Crippen LogP contribution in [-0.2, 0) is 9.47 Å². The summed E-state index contributed by atoms with van der Waals surface area (Å²) in [6, 6.07) is 9.52. The second-order valence-electron chi connectivity index (χ2n) is 7.81. The number of nitrogens with zero attached hydrogens (tertiary/aromatic N) is 1. The molecule has 0 saturated carbocycles. The van der Waals surface area contributed by atoms with E-state index in [0.29, 0.717) is 17.4 Å². The molecule has 0 amide bonds. The molecule has 1 aromatic rings. The SMILES string of the molecule is c1cc(C2CN(C3SCC4OCCOC43)C2)ccc1C1CCNCC1. The molecule has 0 aromatic heterocycles. The Bertz CT molecular complexity index is 584. The van der Waals surface area contributed by atoms with Crippen molar-refractivity contribution in [2.45, 2.75) is 42.3 Å². The Balaban J connectivity index is 1.18. The summed E-state index contributed by atoms with van der Waals surface area (Å²) >= 11 is 2.02. The molecule has 5 rings (SSSR count). The zero-order valence-corrected chi connectivity index (χ0v) is 15.5. The molecule has 0 radical (unpaired) electrons. The minimum absolute atomic E-state index is 0.280. The van der Waals surface area contributed by atoms with Crippen LogP contribution in [0.25, 0.3) is 0 Å². The van der Waals surface area contributed by atoms with Crippen LogP contribution in [0.2, 0.25) is 0 Å². The van der Waals surface area contributed by atoms with Crippen molar-refractivity contribution in [1.82, 2.24) is 10.2 Å². The number of rotatable bonds is 3. The fourth-order valence-corrected chi connectivity index (χ4v) is 6.22. The molecule has 1 N–H and O–H groups in total. The maximum absolute atomic E-state index is 6.00. The van der Waals surface area contributed by atoms with Crippen LogP contribution in [0.1, 0.15) is 35.8 Å². The number of thioether (sulfide) groups is 1. The van der Waals surface area contributed by atoms with Gasteiger partial charge in [0.05, 0.1) is 24.7 Å². The monoisotopic (exact) mass is 360 g/mol. The normalized spacial score (nSPS) is 34.6. The lowest BCUT2D eigenvalue weighted by Gasteiger charge is -2.45. The van der Waals surface area contributed by atoms with Gasteiger partial charge in [-0.1, -0.05) is 24.3 Å². The smallest absolute Gasteiger partial charge is 0.109 e. The highest BCUT2D eigenvalue weighted by molar-refractivity contribution is 8.00. The Morgan fingerprint density at radius 3 is 2.36 bits per heavy atom. The second kappa shape index (κ2) is 7.20. The molecule has 0 spiro atoms. The number of benzene rings is 1. The molecule has 5 heteroatoms. The molecule has 3 atom stereocenters. The molecule has 0 aliphatic carbocycles. The van der Waals surface area contributed by atoms with Gasteiger partial charge in [0.1, 0.15) is 6.10 Å². The summed E-state index contributed by atoms with van der Waals surface area (Å²) in [5, 5.41) is 3.95. The second-order valence-corrected chi connectivity index (χ2v) is 8.96. The van der Waals surface area contributed by atoms with Crippen molar-refractivity contribution >= 4 is 11.8 Å². The van der Waals surface area contributed by atoms with Gasteiger partial charge in [0, 0.05) is 24.8 Å². The average Bonchev–Trinajstić information content (AvgIpc) is 3.06. The van der Waals surface area contributed by atoms with Gasteiger partial charge in [-0.25, -0.2) is 0 Å². The van der Waals surface area contributed by atoms with E-state index in [1.54, 1.807) is 0 Å². The van der Waals surface area contributed by atoms with Crippen LogP contribution < -0.4 is 5.32 Å². The van der Waals surface area contributed by atoms with Crippen molar-refractivity contribution in [1.29, 1.82) is 0 Å². The van der Waals surface area contributed by atoms with Gasteiger partial charge in [-0.2, -0.15) is 0 Å². The van der Waals surface area contributed by atoms with Crippen LogP contribution in [0, 0.1) is 0 Å². The molecule has 1 aromatic carbocycles. The van der Waals surface area contributed by atoms with Gasteiger partial charge in [0.15, 0.2) is 0 Å². The minimum atomic E-state index is 0.280. The molecule has 4 fully saturated rings. The Morgan fingerprint density at radius 1 is 0.920 bits per heavy atom. The lowest BCUT2D eigenvalue weighted by Crippen LogP contribution is -2.55. The molecule has 136 valence electrons. The zero-order valence-electron chi connectivity index (χ0n) is 14.7. The minimum Gasteiger partial charge on any atom is -0.372 e. The Morgan fingerprint density at radius 2 is 1.60 bits per heavy atom. The molecular weight excluding hydrogens is 332 g/mol. The highest BCUT2D eigenvalue weighted by atomic mass is 32.2. The Labute approximate surface area is 154 Å². The van der Waals surface area contributed by atoms with Crippen molar-refractivity contribution in [2.24, 2.45) is 0 Å². The third-order valence-electron chi connectivity index (χ3n) is 6.29. The van der Waals surface area contributed by atoms with Crippen molar-refractivity contribution in [3.8, 4) is 0 Å². The summed E-state index contributed by atoms with van der Waals surface area (Å²) in [6.45, 7) is 6.18. The van der Waals surface area contributed by atoms with E-state index in [4.69, 9.17) is 9.47 Å². The highest BCUT2D eigenvalue weighted by Gasteiger charge is 2.46. The van der Waals surface area contributed by atoms with Crippen LogP contribution in [-0.4, -0.2) is 67.6 Å². The maximum Gasteiger partial charge on any atom is 0.109 e. The van der Waals surface area contributed by atoms with Gasteiger partial charge >= 0.3 is 0 Å². The van der Waals surface area contributed by atoms with Gasteiger partial charge in [-0.3, -0.25) is 4.90 Å². The third kappa shape index (κ3) is 3.26. The van der Waals surface area contributed by atoms with E-state index in [0.717, 1.165) is 51.1 Å². The number of fused-ring (bicyclic) bond motifs is 1. The quantitative estimate of drug-likeness (QED) is 0.895. The topological polar surface area (TPSA) is 33.7 Å². The van der Waals surface area contributed by atoms with Crippen LogP contribution in [0.3, 0.4) is 0 Å². The molecule has 4 saturated heterocycles. The fraction of sp³-hybridized carbons (Fsp3) is 0.700. The maximum atomic E-state index is 6.00. The van der Waals surface area contributed by atoms with Crippen LogP contribution in [0.15, 0.2) is 24.3 Å². The molecule has 4 aliphatic rings. The molecule has 4 heterocycles. The van der Waals surface area contributed by atoms with Gasteiger partial charge < -0.3 is 14.8 Å². The van der Waals surface area contributed by atoms with Gasteiger partial charge in [-0.05, 0) is 43.0 Å². The van der Waals surface area contributed by atoms with E-state index >= 15 is 0 Å². The number of hydrogen-bond donors (Lipinski definition) is 1. The number of ether oxygens (including phenoxy) is 2. The van der Waals surface area contributed by atoms with Crippen molar-refractivity contribution in [2.75, 3.05) is 45.1 Å². The summed E-state index contributed by atoms with van der Waals surface area (Å²) in [7, 11) is 0. The van der Waals surface area contributed by atoms with E-state index in [1.807, 2.05) is 11.8 Å². The van der Waals surface area contributed by atoms with Gasteiger partial charge in [0.2, 0.25) is 0 Å². The standard InChI is InChI=1S/C20H28N2O2S/c1-3-15(4-2-14(1)16-5-7-21-8-6-16)17-11-22(12-17)20-19-18(13-25-20)23-9-10-24-19/h1-4,16-21H,5-13H2. The first-order chi connectivity index (χ1) is 12.4. The number of hydrogen-bond acceptors (Lipinski definition) is 5. The largest absolute Gasteiger partial charge is 0.372 e. The first-order valence-corrected chi connectivity index (χ1v) is 10.8. The predicted octanol–water partition coefficient (Wildman–Crippen LogP) is 2.41. The van der Waals surface area contributed by atoms with Crippen LogP contribution >= 0.6 is 11.8 Å². The van der Waals surface area contributed by atoms with Crippen LogP contribution in [0.4, 0.5) is 0 Å². The van der Waals surface area contributed by atoms with Crippen molar-refractivity contribution in [3.05, 3.63) is 35.4 Å². The molecule has 25 heavy (non-hydrogen) atoms. The summed E-state index contributed by atoms with van der Waals surface area (Å²) in [4.78, 5) is 2.59. The fourth-order valence-electron chi connectivity index (χ4n) is 4.72. The van der Waals surface area contributed by atoms with Gasteiger partial charge in [-0.15, -0.1) is 11.8 Å². The zero-order chi connectivity index (χ0) is 16.6. The van der Waals surface area contributed by atoms with E-state index < -0.39 is 0 Å². The first kappa shape index (κ1) is 16.6. The van der Waals surface area contributed by atoms with Crippen LogP contribution in [0.5, 0.6) is 0 Å². The van der Waals surface area contributed by atoms with E-state index in [2.05, 4.69) is 34.5 Å². The molecule has 0 bridgehead atoms. The lowest BCUT2D eigenvalue weighted by molar-refractivity contribution is -0.141. The predicted molar refractivity (Wildman–Crippen MR) is 101 cm³/mol. The van der Waals surface area contributed by atoms with E-state index in [-0.39, 0.29) is 6.10 Å². The van der Waals surface area contributed by atoms with E-state index in [9.17, 15) is 0 Å². The third-order valence-corrected chi connectivity index (χ3v) is 7.72. The number of likely N-dealkylation sites (tertiary alicyclic amines) is 1. The van der Waals surface area contributed by atoms with E-state index in [1.165, 1.54) is 24.0 Å². The average molecular weight is 361 g/mol. The Hall–Kier alpha value is -0.590.